The van der Waals surface area contributed by atoms with Crippen molar-refractivity contribution in [1.29, 1.82) is 0 Å². The predicted octanol–water partition coefficient (Wildman–Crippen LogP) is 1.72. The van der Waals surface area contributed by atoms with Crippen molar-refractivity contribution >= 4 is 33.2 Å². The topological polar surface area (TPSA) is 110 Å². The number of hydrogen-bond donors (Lipinski definition) is 4. The Hall–Kier alpha value is -3.07. The first-order valence-corrected chi connectivity index (χ1v) is 7.37. The molecule has 3 aromatic carbocycles. The number of ether oxygens (including phenoxy) is 3. The lowest BCUT2D eigenvalue weighted by Gasteiger charge is -2.14. The van der Waals surface area contributed by atoms with Gasteiger partial charge in [0.05, 0.1) is 18.1 Å². The van der Waals surface area contributed by atoms with Gasteiger partial charge in [-0.2, -0.15) is 10.4 Å². The molecule has 1 aliphatic rings. The van der Waals surface area contributed by atoms with Crippen LogP contribution in [0.5, 0.6) is 17.2 Å². The van der Waals surface area contributed by atoms with Gasteiger partial charge in [-0.3, -0.25) is 0 Å². The van der Waals surface area contributed by atoms with Gasteiger partial charge in [-0.15, -0.1) is 0 Å². The molecule has 0 aliphatic carbocycles. The zero-order chi connectivity index (χ0) is 17.7. The zero-order valence-electron chi connectivity index (χ0n) is 13.1. The second-order valence-electron chi connectivity index (χ2n) is 5.52. The van der Waals surface area contributed by atoms with Crippen LogP contribution in [0.25, 0.3) is 21.5 Å². The number of rotatable bonds is 3. The van der Waals surface area contributed by atoms with Crippen LogP contribution in [0.3, 0.4) is 0 Å². The average molecular weight is 344 g/mol. The average Bonchev–Trinajstić information content (AvgIpc) is 3.07. The number of benzene rings is 3. The van der Waals surface area contributed by atoms with Gasteiger partial charge in [0, 0.05) is 16.8 Å². The molecule has 8 nitrogen and oxygen atoms in total. The minimum absolute atomic E-state index is 0.0253. The third-order valence-electron chi connectivity index (χ3n) is 4.25. The summed E-state index contributed by atoms with van der Waals surface area (Å²) in [7, 11) is 1.50. The summed E-state index contributed by atoms with van der Waals surface area (Å²) in [5.41, 5.74) is -0.137. The van der Waals surface area contributed by atoms with Crippen molar-refractivity contribution < 1.29 is 39.8 Å². The summed E-state index contributed by atoms with van der Waals surface area (Å²) in [6.45, 7) is -0.0436. The molecule has 128 valence electrons. The first kappa shape index (κ1) is 15.5. The highest BCUT2D eigenvalue weighted by molar-refractivity contribution is 6.21. The summed E-state index contributed by atoms with van der Waals surface area (Å²) < 4.78 is 16.2. The molecule has 0 bridgehead atoms. The molecule has 0 amide bonds. The highest BCUT2D eigenvalue weighted by Crippen LogP contribution is 2.47. The minimum atomic E-state index is -1.21. The van der Waals surface area contributed by atoms with E-state index in [2.05, 4.69) is 0 Å². The molecule has 3 aromatic rings. The first-order chi connectivity index (χ1) is 12.0. The van der Waals surface area contributed by atoms with Gasteiger partial charge in [-0.1, -0.05) is 12.1 Å². The van der Waals surface area contributed by atoms with Crippen LogP contribution in [0.2, 0.25) is 0 Å². The van der Waals surface area contributed by atoms with E-state index >= 15 is 0 Å². The maximum Gasteiger partial charge on any atom is 0.336 e. The number of aromatic carboxylic acids is 1. The van der Waals surface area contributed by atoms with Crippen LogP contribution in [0, 0.1) is 0 Å². The molecular weight excluding hydrogens is 330 g/mol. The number of fused-ring (bicyclic) bond motifs is 5. The first-order valence-electron chi connectivity index (χ1n) is 7.37. The quantitative estimate of drug-likeness (QED) is 0.423. The summed E-state index contributed by atoms with van der Waals surface area (Å²) in [6, 6.07) is 8.08. The van der Waals surface area contributed by atoms with E-state index < -0.39 is 11.2 Å². The van der Waals surface area contributed by atoms with Crippen LogP contribution in [-0.2, 0) is 0 Å². The maximum absolute atomic E-state index is 11.8. The molecule has 1 aliphatic heterocycles. The second kappa shape index (κ2) is 5.49. The Bertz CT molecular complexity index is 1030. The largest absolute Gasteiger partial charge is 0.496 e. The van der Waals surface area contributed by atoms with E-state index in [1.165, 1.54) is 19.2 Å². The van der Waals surface area contributed by atoms with Crippen LogP contribution in [0.15, 0.2) is 30.3 Å². The lowest BCUT2D eigenvalue weighted by Crippen LogP contribution is -3.02. The van der Waals surface area contributed by atoms with Crippen LogP contribution >= 0.6 is 0 Å². The van der Waals surface area contributed by atoms with Gasteiger partial charge in [0.25, 0.3) is 0 Å². The summed E-state index contributed by atoms with van der Waals surface area (Å²) >= 11 is 0. The molecule has 0 radical (unpaired) electrons. The van der Waals surface area contributed by atoms with Crippen LogP contribution in [0.4, 0.5) is 5.69 Å². The minimum Gasteiger partial charge on any atom is -0.496 e. The molecule has 0 saturated carbocycles. The fourth-order valence-corrected chi connectivity index (χ4v) is 3.23. The highest BCUT2D eigenvalue weighted by Gasteiger charge is 2.29. The number of nitrogens with one attached hydrogen (secondary N) is 1. The number of quaternary nitrogens is 1. The maximum atomic E-state index is 11.8. The molecule has 4 rings (SSSR count). The normalized spacial score (nSPS) is 13.0. The van der Waals surface area contributed by atoms with Crippen LogP contribution < -0.4 is 19.4 Å². The molecule has 0 saturated heterocycles. The van der Waals surface area contributed by atoms with Gasteiger partial charge in [0.15, 0.2) is 11.5 Å². The van der Waals surface area contributed by atoms with Gasteiger partial charge >= 0.3 is 5.97 Å². The van der Waals surface area contributed by atoms with Crippen LogP contribution in [0.1, 0.15) is 10.4 Å². The van der Waals surface area contributed by atoms with E-state index in [1.54, 1.807) is 18.2 Å². The van der Waals surface area contributed by atoms with Gasteiger partial charge in [0.2, 0.25) is 12.5 Å². The Morgan fingerprint density at radius 2 is 1.96 bits per heavy atom. The molecule has 0 atom stereocenters. The van der Waals surface area contributed by atoms with Crippen molar-refractivity contribution in [2.75, 3.05) is 13.9 Å². The summed E-state index contributed by atoms with van der Waals surface area (Å²) in [4.78, 5) is 11.8. The molecule has 25 heavy (non-hydrogen) atoms. The smallest absolute Gasteiger partial charge is 0.336 e. The van der Waals surface area contributed by atoms with Crippen molar-refractivity contribution in [3.63, 3.8) is 0 Å². The molecule has 0 unspecified atom stereocenters. The van der Waals surface area contributed by atoms with Crippen LogP contribution in [-0.4, -0.2) is 35.4 Å². The third-order valence-corrected chi connectivity index (χ3v) is 4.25. The zero-order valence-corrected chi connectivity index (χ0v) is 13.1. The second-order valence-corrected chi connectivity index (χ2v) is 5.52. The molecule has 0 spiro atoms. The van der Waals surface area contributed by atoms with Gasteiger partial charge < -0.3 is 19.3 Å². The Balaban J connectivity index is 2.31. The van der Waals surface area contributed by atoms with Crippen molar-refractivity contribution in [2.24, 2.45) is 0 Å². The van der Waals surface area contributed by atoms with Crippen molar-refractivity contribution in [2.45, 2.75) is 0 Å². The highest BCUT2D eigenvalue weighted by atomic mass is 16.8. The van der Waals surface area contributed by atoms with Crippen molar-refractivity contribution in [3.05, 3.63) is 35.9 Å². The number of carbonyl (C=O) groups is 1. The van der Waals surface area contributed by atoms with Gasteiger partial charge in [-0.05, 0) is 22.7 Å². The van der Waals surface area contributed by atoms with E-state index in [0.717, 1.165) is 0 Å². The Morgan fingerprint density at radius 1 is 1.16 bits per heavy atom. The molecule has 0 aromatic heterocycles. The predicted molar refractivity (Wildman–Crippen MR) is 85.3 cm³/mol. The summed E-state index contributed by atoms with van der Waals surface area (Å²) in [5, 5.41) is 30.0. The number of methoxy groups -OCH3 is 1. The molecule has 1 heterocycles. The summed E-state index contributed by atoms with van der Waals surface area (Å²) in [5.74, 6) is -0.0479. The van der Waals surface area contributed by atoms with Gasteiger partial charge in [-0.25, -0.2) is 4.79 Å². The molecule has 8 heteroatoms. The van der Waals surface area contributed by atoms with Crippen molar-refractivity contribution in [3.8, 4) is 17.2 Å². The van der Waals surface area contributed by atoms with Gasteiger partial charge in [0.1, 0.15) is 5.75 Å². The SMILES string of the molecule is COc1cccc2c1cc([NH+](O)O)c1c(C(=O)O)cc3c(c12)OCO3. The Kier molecular flexibility index (Phi) is 3.39. The molecule has 0 fully saturated rings. The van der Waals surface area contributed by atoms with E-state index in [-0.39, 0.29) is 23.4 Å². The number of carboxylic acid groups (broad SMARTS) is 1. The monoisotopic (exact) mass is 344 g/mol. The fraction of sp³-hybridized carbons (Fsp3) is 0.118. The molecular formula is C17H14NO7+. The lowest BCUT2D eigenvalue weighted by atomic mass is 9.95. The van der Waals surface area contributed by atoms with E-state index in [9.17, 15) is 20.3 Å². The lowest BCUT2D eigenvalue weighted by molar-refractivity contribution is -1.19. The van der Waals surface area contributed by atoms with E-state index in [1.807, 2.05) is 0 Å². The Labute approximate surface area is 140 Å². The van der Waals surface area contributed by atoms with Crippen molar-refractivity contribution in [1.82, 2.24) is 0 Å². The molecule has 4 N–H and O–H groups in total. The van der Waals surface area contributed by atoms with E-state index in [4.69, 9.17) is 14.2 Å². The number of carboxylic acids is 1. The Morgan fingerprint density at radius 3 is 2.64 bits per heavy atom. The fourth-order valence-electron chi connectivity index (χ4n) is 3.23. The standard InChI is InChI=1S/C17H13NO7/c1-23-12-4-2-3-8-9(12)5-11(18(21)22)14-10(17(19)20)6-13-16(15(8)14)25-7-24-13/h2-6,21-22H,7H2,1H3,(H,19,20)/p+1. The summed E-state index contributed by atoms with van der Waals surface area (Å²) in [6.07, 6.45) is 0. The third kappa shape index (κ3) is 2.16. The van der Waals surface area contributed by atoms with E-state index in [0.29, 0.717) is 33.4 Å². The number of hydrogen-bond acceptors (Lipinski definition) is 6.